The number of methoxy groups -OCH3 is 1. The van der Waals surface area contributed by atoms with Crippen molar-refractivity contribution in [1.82, 2.24) is 0 Å². The second-order valence-electron chi connectivity index (χ2n) is 3.65. The number of phenols is 1. The van der Waals surface area contributed by atoms with Crippen molar-refractivity contribution in [3.8, 4) is 11.5 Å². The van der Waals surface area contributed by atoms with Crippen LogP contribution >= 0.6 is 0 Å². The summed E-state index contributed by atoms with van der Waals surface area (Å²) in [6.07, 6.45) is 0. The fourth-order valence-corrected chi connectivity index (χ4v) is 1.75. The largest absolute Gasteiger partial charge is 0.507 e. The lowest BCUT2D eigenvalue weighted by molar-refractivity contribution is 0.406. The molecule has 0 aliphatic rings. The Morgan fingerprint density at radius 3 is 2.62 bits per heavy atom. The maximum Gasteiger partial charge on any atom is 0.196 e. The normalized spacial score (nSPS) is 10.7. The van der Waals surface area contributed by atoms with Crippen LogP contribution in [0.15, 0.2) is 21.3 Å². The van der Waals surface area contributed by atoms with Crippen LogP contribution in [-0.2, 0) is 0 Å². The van der Waals surface area contributed by atoms with Gasteiger partial charge in [0.2, 0.25) is 0 Å². The van der Waals surface area contributed by atoms with Crippen LogP contribution in [0.3, 0.4) is 0 Å². The lowest BCUT2D eigenvalue weighted by Gasteiger charge is -2.09. The zero-order valence-electron chi connectivity index (χ0n) is 9.33. The van der Waals surface area contributed by atoms with Crippen LogP contribution in [0.5, 0.6) is 11.5 Å². The number of rotatable bonds is 1. The summed E-state index contributed by atoms with van der Waals surface area (Å²) in [7, 11) is 1.46. The van der Waals surface area contributed by atoms with E-state index in [4.69, 9.17) is 9.15 Å². The Labute approximate surface area is 92.1 Å². The number of benzene rings is 1. The average Bonchev–Trinajstić information content (AvgIpc) is 2.20. The van der Waals surface area contributed by atoms with Gasteiger partial charge in [0, 0.05) is 17.7 Å². The van der Waals surface area contributed by atoms with Crippen molar-refractivity contribution in [3.63, 3.8) is 0 Å². The summed E-state index contributed by atoms with van der Waals surface area (Å²) in [5, 5.41) is 10.0. The predicted octanol–water partition coefficient (Wildman–Crippen LogP) is 2.12. The van der Waals surface area contributed by atoms with Gasteiger partial charge in [-0.3, -0.25) is 4.79 Å². The topological polar surface area (TPSA) is 59.7 Å². The Kier molecular flexibility index (Phi) is 2.34. The molecule has 0 radical (unpaired) electrons. The number of hydrogen-bond acceptors (Lipinski definition) is 4. The zero-order valence-corrected chi connectivity index (χ0v) is 9.33. The summed E-state index contributed by atoms with van der Waals surface area (Å²) in [6, 6.07) is 2.84. The van der Waals surface area contributed by atoms with Crippen molar-refractivity contribution < 1.29 is 14.3 Å². The van der Waals surface area contributed by atoms with Gasteiger partial charge in [0.05, 0.1) is 7.11 Å². The molecule has 0 saturated heterocycles. The molecular weight excluding hydrogens is 208 g/mol. The molecule has 1 N–H and O–H groups in total. The van der Waals surface area contributed by atoms with E-state index >= 15 is 0 Å². The first-order valence-electron chi connectivity index (χ1n) is 4.85. The molecule has 1 aromatic heterocycles. The summed E-state index contributed by atoms with van der Waals surface area (Å²) in [6.45, 7) is 3.37. The van der Waals surface area contributed by atoms with Gasteiger partial charge in [-0.1, -0.05) is 0 Å². The van der Waals surface area contributed by atoms with E-state index in [1.54, 1.807) is 13.8 Å². The second kappa shape index (κ2) is 3.56. The number of aromatic hydroxyl groups is 1. The van der Waals surface area contributed by atoms with E-state index in [2.05, 4.69) is 0 Å². The summed E-state index contributed by atoms with van der Waals surface area (Å²) < 4.78 is 10.5. The Balaban J connectivity index is 3.03. The number of phenolic OH excluding ortho intramolecular Hbond substituents is 1. The molecule has 0 amide bonds. The van der Waals surface area contributed by atoms with Crippen LogP contribution in [0, 0.1) is 13.8 Å². The molecule has 84 valence electrons. The maximum absolute atomic E-state index is 11.8. The van der Waals surface area contributed by atoms with E-state index in [1.807, 2.05) is 0 Å². The van der Waals surface area contributed by atoms with Gasteiger partial charge in [-0.2, -0.15) is 0 Å². The van der Waals surface area contributed by atoms with Crippen molar-refractivity contribution in [2.24, 2.45) is 0 Å². The molecule has 4 nitrogen and oxygen atoms in total. The number of fused-ring (bicyclic) bond motifs is 1. The Bertz CT molecular complexity index is 610. The van der Waals surface area contributed by atoms with E-state index in [0.717, 1.165) is 0 Å². The minimum absolute atomic E-state index is 0.0538. The number of aryl methyl sites for hydroxylation is 1. The highest BCUT2D eigenvalue weighted by Crippen LogP contribution is 2.33. The standard InChI is InChI=1S/C12H12O4/c1-6-4-9(14)11-10(16-6)5-8(13)7(2)12(11)15-3/h4-5,13H,1-3H3. The van der Waals surface area contributed by atoms with Crippen molar-refractivity contribution in [3.05, 3.63) is 33.7 Å². The Hall–Kier alpha value is -1.97. The molecule has 4 heteroatoms. The van der Waals surface area contributed by atoms with Gasteiger partial charge in [-0.15, -0.1) is 0 Å². The molecule has 0 saturated carbocycles. The van der Waals surface area contributed by atoms with Crippen LogP contribution in [0.2, 0.25) is 0 Å². The lowest BCUT2D eigenvalue weighted by atomic mass is 10.1. The van der Waals surface area contributed by atoms with Crippen LogP contribution in [0.25, 0.3) is 11.0 Å². The Morgan fingerprint density at radius 2 is 2.00 bits per heavy atom. The quantitative estimate of drug-likeness (QED) is 0.799. The van der Waals surface area contributed by atoms with Gasteiger partial charge >= 0.3 is 0 Å². The highest BCUT2D eigenvalue weighted by atomic mass is 16.5. The fraction of sp³-hybridized carbons (Fsp3) is 0.250. The van der Waals surface area contributed by atoms with Crippen molar-refractivity contribution in [2.75, 3.05) is 7.11 Å². The van der Waals surface area contributed by atoms with Crippen LogP contribution < -0.4 is 10.2 Å². The Morgan fingerprint density at radius 1 is 1.31 bits per heavy atom. The van der Waals surface area contributed by atoms with Gasteiger partial charge < -0.3 is 14.3 Å². The molecule has 0 aliphatic heterocycles. The number of hydrogen-bond donors (Lipinski definition) is 1. The molecule has 0 bridgehead atoms. The van der Waals surface area contributed by atoms with Crippen LogP contribution in [0.4, 0.5) is 0 Å². The smallest absolute Gasteiger partial charge is 0.196 e. The van der Waals surface area contributed by atoms with Gasteiger partial charge in [0.15, 0.2) is 5.43 Å². The lowest BCUT2D eigenvalue weighted by Crippen LogP contribution is -2.03. The molecule has 2 aromatic rings. The maximum atomic E-state index is 11.8. The first-order valence-corrected chi connectivity index (χ1v) is 4.85. The summed E-state index contributed by atoms with van der Waals surface area (Å²) in [5.41, 5.74) is 0.704. The van der Waals surface area contributed by atoms with E-state index in [1.165, 1.54) is 19.2 Å². The molecule has 0 atom stereocenters. The van der Waals surface area contributed by atoms with Gasteiger partial charge in [-0.05, 0) is 13.8 Å². The SMILES string of the molecule is COc1c(C)c(O)cc2oc(C)cc(=O)c12. The van der Waals surface area contributed by atoms with Gasteiger partial charge in [0.1, 0.15) is 28.2 Å². The second-order valence-corrected chi connectivity index (χ2v) is 3.65. The third kappa shape index (κ3) is 1.43. The monoisotopic (exact) mass is 220 g/mol. The van der Waals surface area contributed by atoms with E-state index in [-0.39, 0.29) is 11.2 Å². The van der Waals surface area contributed by atoms with Crippen molar-refractivity contribution in [1.29, 1.82) is 0 Å². The average molecular weight is 220 g/mol. The molecule has 0 fully saturated rings. The summed E-state index contributed by atoms with van der Waals surface area (Å²) in [4.78, 5) is 11.8. The minimum Gasteiger partial charge on any atom is -0.507 e. The van der Waals surface area contributed by atoms with Crippen molar-refractivity contribution in [2.45, 2.75) is 13.8 Å². The molecule has 0 unspecified atom stereocenters. The summed E-state index contributed by atoms with van der Waals surface area (Å²) >= 11 is 0. The van der Waals surface area contributed by atoms with Gasteiger partial charge in [0.25, 0.3) is 0 Å². The van der Waals surface area contributed by atoms with Crippen molar-refractivity contribution >= 4 is 11.0 Å². The molecule has 1 aromatic carbocycles. The van der Waals surface area contributed by atoms with E-state index in [9.17, 15) is 9.90 Å². The third-order valence-corrected chi connectivity index (χ3v) is 2.52. The third-order valence-electron chi connectivity index (χ3n) is 2.52. The molecule has 0 aliphatic carbocycles. The van der Waals surface area contributed by atoms with Gasteiger partial charge in [-0.25, -0.2) is 0 Å². The fourth-order valence-electron chi connectivity index (χ4n) is 1.75. The zero-order chi connectivity index (χ0) is 11.9. The highest BCUT2D eigenvalue weighted by molar-refractivity contribution is 5.86. The first-order chi connectivity index (χ1) is 7.54. The predicted molar refractivity (Wildman–Crippen MR) is 60.2 cm³/mol. The summed E-state index contributed by atoms with van der Waals surface area (Å²) in [5.74, 6) is 0.921. The van der Waals surface area contributed by atoms with E-state index in [0.29, 0.717) is 28.0 Å². The number of ether oxygens (including phenoxy) is 1. The molecule has 0 spiro atoms. The van der Waals surface area contributed by atoms with Crippen LogP contribution in [0.1, 0.15) is 11.3 Å². The molecular formula is C12H12O4. The first kappa shape index (κ1) is 10.5. The minimum atomic E-state index is -0.168. The molecule has 16 heavy (non-hydrogen) atoms. The molecule has 1 heterocycles. The van der Waals surface area contributed by atoms with E-state index < -0.39 is 0 Å². The molecule has 2 rings (SSSR count). The van der Waals surface area contributed by atoms with Crippen LogP contribution in [-0.4, -0.2) is 12.2 Å². The highest BCUT2D eigenvalue weighted by Gasteiger charge is 2.14.